The first-order valence-electron chi connectivity index (χ1n) is 14.1. The van der Waals surface area contributed by atoms with Gasteiger partial charge in [-0.15, -0.1) is 0 Å². The summed E-state index contributed by atoms with van der Waals surface area (Å²) in [6, 6.07) is -1.37. The molecule has 0 radical (unpaired) electrons. The van der Waals surface area contributed by atoms with E-state index in [0.29, 0.717) is 13.0 Å². The molecule has 2 aliphatic heterocycles. The Hall–Kier alpha value is -4.04. The molecule has 2 saturated heterocycles. The molecule has 0 unspecified atom stereocenters. The number of alkyl halides is 1. The van der Waals surface area contributed by atoms with Crippen molar-refractivity contribution in [2.75, 3.05) is 19.7 Å². The molecular weight excluding hydrogens is 595 g/mol. The molecule has 238 valence electrons. The van der Waals surface area contributed by atoms with Gasteiger partial charge in [0.25, 0.3) is 5.91 Å². The third-order valence-electron chi connectivity index (χ3n) is 8.87. The summed E-state index contributed by atoms with van der Waals surface area (Å²) in [5, 5.41) is 8.86. The number of carbonyl (C=O) groups excluding carboxylic acids is 4. The smallest absolute Gasteiger partial charge is 0.276 e. The number of hydrogen-bond donors (Lipinski definition) is 2. The fourth-order valence-corrected chi connectivity index (χ4v) is 6.20. The van der Waals surface area contributed by atoms with Crippen LogP contribution in [0, 0.1) is 46.4 Å². The molecule has 2 aromatic rings. The highest BCUT2D eigenvalue weighted by Crippen LogP contribution is 2.65. The van der Waals surface area contributed by atoms with Crippen LogP contribution in [-0.2, 0) is 20.1 Å². The lowest BCUT2D eigenvalue weighted by Crippen LogP contribution is -2.54. The molecule has 1 aromatic heterocycles. The number of halogens is 5. The van der Waals surface area contributed by atoms with Gasteiger partial charge in [-0.05, 0) is 43.9 Å². The van der Waals surface area contributed by atoms with Gasteiger partial charge >= 0.3 is 0 Å². The number of nitrogens with zero attached hydrogens (tertiary/aromatic N) is 2. The number of hydrogen-bond acceptors (Lipinski definition) is 7. The van der Waals surface area contributed by atoms with Crippen molar-refractivity contribution >= 4 is 23.5 Å². The highest BCUT2D eigenvalue weighted by molar-refractivity contribution is 5.99. The number of nitrogens with one attached hydrogen (secondary N) is 2. The van der Waals surface area contributed by atoms with Crippen LogP contribution in [0.1, 0.15) is 56.8 Å². The molecule has 0 spiro atoms. The summed E-state index contributed by atoms with van der Waals surface area (Å²) in [6.07, 6.45) is 0.127. The molecule has 44 heavy (non-hydrogen) atoms. The van der Waals surface area contributed by atoms with Crippen molar-refractivity contribution in [1.29, 1.82) is 0 Å². The van der Waals surface area contributed by atoms with Gasteiger partial charge in [-0.25, -0.2) is 13.2 Å². The first-order valence-corrected chi connectivity index (χ1v) is 14.1. The van der Waals surface area contributed by atoms with E-state index in [1.165, 1.54) is 18.7 Å². The Balaban J connectivity index is 1.37. The van der Waals surface area contributed by atoms with E-state index in [4.69, 9.17) is 9.26 Å². The van der Waals surface area contributed by atoms with Crippen LogP contribution in [0.25, 0.3) is 0 Å². The second-order valence-electron chi connectivity index (χ2n) is 12.5. The monoisotopic (exact) mass is 626 g/mol. The summed E-state index contributed by atoms with van der Waals surface area (Å²) in [4.78, 5) is 54.0. The molecule has 3 heterocycles. The highest BCUT2D eigenvalue weighted by Gasteiger charge is 2.69. The quantitative estimate of drug-likeness (QED) is 0.306. The fourth-order valence-electron chi connectivity index (χ4n) is 6.20. The van der Waals surface area contributed by atoms with Crippen LogP contribution < -0.4 is 15.4 Å². The summed E-state index contributed by atoms with van der Waals surface area (Å²) in [6.45, 7) is 5.70. The van der Waals surface area contributed by atoms with Crippen LogP contribution in [0.5, 0.6) is 5.75 Å². The third-order valence-corrected chi connectivity index (χ3v) is 8.87. The van der Waals surface area contributed by atoms with E-state index in [2.05, 4.69) is 15.8 Å². The van der Waals surface area contributed by atoms with Crippen molar-refractivity contribution in [1.82, 2.24) is 20.7 Å². The summed E-state index contributed by atoms with van der Waals surface area (Å²) in [5.74, 6) is -12.6. The Bertz CT molecular complexity index is 1500. The average molecular weight is 627 g/mol. The fraction of sp³-hybridized carbons (Fsp3) is 0.552. The van der Waals surface area contributed by atoms with Gasteiger partial charge in [-0.3, -0.25) is 19.2 Å². The Labute approximate surface area is 248 Å². The van der Waals surface area contributed by atoms with Crippen molar-refractivity contribution in [2.24, 2.45) is 23.2 Å². The lowest BCUT2D eigenvalue weighted by atomic mass is 9.94. The maximum absolute atomic E-state index is 14.3. The van der Waals surface area contributed by atoms with Gasteiger partial charge in [-0.2, -0.15) is 8.78 Å². The van der Waals surface area contributed by atoms with Gasteiger partial charge < -0.3 is 24.8 Å². The lowest BCUT2D eigenvalue weighted by molar-refractivity contribution is -0.132. The molecule has 5 atom stereocenters. The molecule has 3 amide bonds. The topological polar surface area (TPSA) is 131 Å². The molecule has 5 rings (SSSR count). The molecule has 2 N–H and O–H groups in total. The molecule has 1 aliphatic carbocycles. The molecule has 3 aliphatic rings. The molecule has 3 fully saturated rings. The van der Waals surface area contributed by atoms with Crippen molar-refractivity contribution in [2.45, 2.75) is 58.3 Å². The van der Waals surface area contributed by atoms with Crippen LogP contribution >= 0.6 is 0 Å². The largest absolute Gasteiger partial charge is 0.479 e. The number of ketones is 1. The van der Waals surface area contributed by atoms with Crippen molar-refractivity contribution in [3.8, 4) is 5.75 Å². The van der Waals surface area contributed by atoms with Crippen LogP contribution in [0.4, 0.5) is 22.0 Å². The Morgan fingerprint density at radius 2 is 1.84 bits per heavy atom. The molecular formula is C29H31F5N4O6. The number of ether oxygens (including phenoxy) is 1. The zero-order valence-corrected chi connectivity index (χ0v) is 24.3. The van der Waals surface area contributed by atoms with Crippen molar-refractivity contribution < 1.29 is 50.4 Å². The zero-order valence-electron chi connectivity index (χ0n) is 24.3. The standard InChI is InChI=1S/C29H31F5N4O6/c1-28(2)13-10-38(27(42)17-9-19(44-37-17)29(3,4)34)23(20(13)28)26(41)36-16(7-12-5-6-35-25(12)40)18(39)11-43-24-21(32)14(30)8-15(31)22(24)33/h8-9,12-13,16,20,23H,5-7,10-11H2,1-4H3,(H,35,40)(H,36,41)/t12-,13-,16-,20-,23-/m0/s1. The molecule has 0 bridgehead atoms. The van der Waals surface area contributed by atoms with Gasteiger partial charge in [0.2, 0.25) is 23.4 Å². The van der Waals surface area contributed by atoms with Gasteiger partial charge in [0, 0.05) is 31.1 Å². The lowest BCUT2D eigenvalue weighted by Gasteiger charge is -2.31. The summed E-state index contributed by atoms with van der Waals surface area (Å²) >= 11 is 0. The van der Waals surface area contributed by atoms with Gasteiger partial charge in [0.05, 0.1) is 6.04 Å². The maximum Gasteiger partial charge on any atom is 0.276 e. The minimum absolute atomic E-state index is 0.0132. The van der Waals surface area contributed by atoms with Crippen molar-refractivity contribution in [3.05, 3.63) is 46.9 Å². The van der Waals surface area contributed by atoms with Gasteiger partial charge in [0.1, 0.15) is 12.6 Å². The van der Waals surface area contributed by atoms with Crippen molar-refractivity contribution in [3.63, 3.8) is 0 Å². The Morgan fingerprint density at radius 3 is 2.41 bits per heavy atom. The number of likely N-dealkylation sites (tertiary alicyclic amines) is 1. The number of fused-ring (bicyclic) bond motifs is 1. The first kappa shape index (κ1) is 31.4. The third kappa shape index (κ3) is 5.63. The number of amides is 3. The second kappa shape index (κ2) is 11.1. The summed E-state index contributed by atoms with van der Waals surface area (Å²) < 4.78 is 79.7. The minimum Gasteiger partial charge on any atom is -0.479 e. The number of benzene rings is 1. The number of aromatic nitrogens is 1. The predicted octanol–water partition coefficient (Wildman–Crippen LogP) is 3.19. The molecule has 1 saturated carbocycles. The number of piperidine rings is 1. The van der Waals surface area contributed by atoms with E-state index in [0.717, 1.165) is 6.07 Å². The Morgan fingerprint density at radius 1 is 1.18 bits per heavy atom. The van der Waals surface area contributed by atoms with E-state index in [9.17, 15) is 41.1 Å². The van der Waals surface area contributed by atoms with E-state index in [1.54, 1.807) is 0 Å². The SMILES string of the molecule is CC(C)(F)c1cc(C(=O)N2C[C@H]3[C@@H]([C@H]2C(=O)N[C@@H](C[C@@H]2CCNC2=O)C(=O)COc2c(F)c(F)cc(F)c2F)C3(C)C)no1. The van der Waals surface area contributed by atoms with E-state index in [1.807, 2.05) is 13.8 Å². The maximum atomic E-state index is 14.3. The van der Waals surface area contributed by atoms with Crippen LogP contribution in [0.15, 0.2) is 16.7 Å². The second-order valence-corrected chi connectivity index (χ2v) is 12.5. The highest BCUT2D eigenvalue weighted by atomic mass is 19.2. The zero-order chi connectivity index (χ0) is 32.3. The van der Waals surface area contributed by atoms with Crippen LogP contribution in [0.2, 0.25) is 0 Å². The average Bonchev–Trinajstić information content (AvgIpc) is 3.50. The summed E-state index contributed by atoms with van der Waals surface area (Å²) in [7, 11) is 0. The minimum atomic E-state index is -1.91. The van der Waals surface area contributed by atoms with E-state index in [-0.39, 0.29) is 53.6 Å². The molecule has 1 aromatic carbocycles. The van der Waals surface area contributed by atoms with Gasteiger partial charge in [0.15, 0.2) is 40.3 Å². The van der Waals surface area contributed by atoms with E-state index >= 15 is 0 Å². The van der Waals surface area contributed by atoms with E-state index < -0.39 is 76.9 Å². The van der Waals surface area contributed by atoms with Gasteiger partial charge in [-0.1, -0.05) is 19.0 Å². The number of Topliss-reactive ketones (excluding diaryl/α,β-unsaturated/α-hetero) is 1. The predicted molar refractivity (Wildman–Crippen MR) is 141 cm³/mol. The van der Waals surface area contributed by atoms with Crippen LogP contribution in [-0.4, -0.2) is 65.3 Å². The normalized spacial score (nSPS) is 24.5. The van der Waals surface area contributed by atoms with Crippen LogP contribution in [0.3, 0.4) is 0 Å². The number of rotatable bonds is 10. The first-order chi connectivity index (χ1) is 20.5. The number of carbonyl (C=O) groups is 4. The molecule has 15 heteroatoms. The molecule has 10 nitrogen and oxygen atoms in total. The summed E-state index contributed by atoms with van der Waals surface area (Å²) in [5.41, 5.74) is -2.46. The Kier molecular flexibility index (Phi) is 7.95.